The summed E-state index contributed by atoms with van der Waals surface area (Å²) in [7, 11) is 1.86. The molecular formula is C13H20FN3O. The van der Waals surface area contributed by atoms with Crippen molar-refractivity contribution in [3.8, 4) is 0 Å². The van der Waals surface area contributed by atoms with Crippen molar-refractivity contribution in [3.63, 3.8) is 0 Å². The average molecular weight is 253 g/mol. The van der Waals surface area contributed by atoms with Crippen LogP contribution in [-0.2, 0) is 4.79 Å². The van der Waals surface area contributed by atoms with Gasteiger partial charge in [-0.1, -0.05) is 13.0 Å². The molecule has 100 valence electrons. The summed E-state index contributed by atoms with van der Waals surface area (Å²) in [5.74, 6) is -0.623. The molecule has 0 bridgehead atoms. The second-order valence-corrected chi connectivity index (χ2v) is 4.20. The van der Waals surface area contributed by atoms with E-state index in [0.717, 1.165) is 5.69 Å². The third kappa shape index (κ3) is 4.33. The maximum absolute atomic E-state index is 13.1. The number of nitrogens with one attached hydrogen (secondary N) is 1. The fraction of sp³-hybridized carbons (Fsp3) is 0.462. The summed E-state index contributed by atoms with van der Waals surface area (Å²) in [5, 5.41) is 3.02. The molecule has 18 heavy (non-hydrogen) atoms. The van der Waals surface area contributed by atoms with E-state index in [0.29, 0.717) is 19.5 Å². The summed E-state index contributed by atoms with van der Waals surface area (Å²) in [5.41, 5.74) is 6.08. The molecule has 0 fully saturated rings. The number of hydrogen-bond donors (Lipinski definition) is 2. The van der Waals surface area contributed by atoms with Crippen LogP contribution in [0.4, 0.5) is 10.1 Å². The van der Waals surface area contributed by atoms with E-state index in [1.165, 1.54) is 12.1 Å². The molecule has 0 spiro atoms. The SMILES string of the molecule is CCNC(CCN(C)c1cccc(F)c1)C(N)=O. The predicted molar refractivity (Wildman–Crippen MR) is 70.9 cm³/mol. The lowest BCUT2D eigenvalue weighted by molar-refractivity contribution is -0.120. The molecule has 0 heterocycles. The Morgan fingerprint density at radius 1 is 1.56 bits per heavy atom. The van der Waals surface area contributed by atoms with Crippen LogP contribution in [0.5, 0.6) is 0 Å². The minimum absolute atomic E-state index is 0.266. The number of carbonyl (C=O) groups excluding carboxylic acids is 1. The number of halogens is 1. The van der Waals surface area contributed by atoms with Crippen molar-refractivity contribution in [1.82, 2.24) is 5.32 Å². The van der Waals surface area contributed by atoms with Crippen molar-refractivity contribution in [1.29, 1.82) is 0 Å². The molecule has 0 saturated carbocycles. The average Bonchev–Trinajstić information content (AvgIpc) is 2.33. The molecular weight excluding hydrogens is 233 g/mol. The number of carbonyl (C=O) groups is 1. The third-order valence-corrected chi connectivity index (χ3v) is 2.80. The van der Waals surface area contributed by atoms with Crippen molar-refractivity contribution in [3.05, 3.63) is 30.1 Å². The van der Waals surface area contributed by atoms with Crippen molar-refractivity contribution < 1.29 is 9.18 Å². The Balaban J connectivity index is 2.54. The van der Waals surface area contributed by atoms with Crippen molar-refractivity contribution in [2.45, 2.75) is 19.4 Å². The van der Waals surface area contributed by atoms with E-state index in [-0.39, 0.29) is 17.8 Å². The Kier molecular flexibility index (Phi) is 5.58. The lowest BCUT2D eigenvalue weighted by atomic mass is 10.2. The number of nitrogens with two attached hydrogens (primary N) is 1. The van der Waals surface area contributed by atoms with Gasteiger partial charge in [-0.15, -0.1) is 0 Å². The van der Waals surface area contributed by atoms with Gasteiger partial charge in [0.25, 0.3) is 0 Å². The Morgan fingerprint density at radius 3 is 2.83 bits per heavy atom. The van der Waals surface area contributed by atoms with Crippen LogP contribution in [0, 0.1) is 5.82 Å². The van der Waals surface area contributed by atoms with Crippen LogP contribution in [0.3, 0.4) is 0 Å². The predicted octanol–water partition coefficient (Wildman–Crippen LogP) is 1.12. The van der Waals surface area contributed by atoms with Gasteiger partial charge in [0, 0.05) is 19.3 Å². The monoisotopic (exact) mass is 253 g/mol. The summed E-state index contributed by atoms with van der Waals surface area (Å²) in [6, 6.07) is 6.02. The van der Waals surface area contributed by atoms with Crippen molar-refractivity contribution in [2.24, 2.45) is 5.73 Å². The summed E-state index contributed by atoms with van der Waals surface area (Å²) in [6.45, 7) is 3.24. The molecule has 1 aromatic carbocycles. The first-order valence-corrected chi connectivity index (χ1v) is 6.04. The van der Waals surface area contributed by atoms with Crippen molar-refractivity contribution in [2.75, 3.05) is 25.0 Å². The fourth-order valence-electron chi connectivity index (χ4n) is 1.76. The number of nitrogens with zero attached hydrogens (tertiary/aromatic N) is 1. The van der Waals surface area contributed by atoms with Crippen LogP contribution in [0.1, 0.15) is 13.3 Å². The second-order valence-electron chi connectivity index (χ2n) is 4.20. The number of likely N-dealkylation sites (N-methyl/N-ethyl adjacent to an activating group) is 1. The first kappa shape index (κ1) is 14.4. The fourth-order valence-corrected chi connectivity index (χ4v) is 1.76. The van der Waals surface area contributed by atoms with Crippen LogP contribution in [0.25, 0.3) is 0 Å². The topological polar surface area (TPSA) is 58.4 Å². The lowest BCUT2D eigenvalue weighted by Gasteiger charge is -2.22. The largest absolute Gasteiger partial charge is 0.374 e. The molecule has 0 aromatic heterocycles. The minimum Gasteiger partial charge on any atom is -0.374 e. The summed E-state index contributed by atoms with van der Waals surface area (Å²) in [4.78, 5) is 13.1. The Hall–Kier alpha value is -1.62. The highest BCUT2D eigenvalue weighted by atomic mass is 19.1. The number of anilines is 1. The molecule has 0 aliphatic carbocycles. The maximum atomic E-state index is 13.1. The molecule has 1 rings (SSSR count). The van der Waals surface area contributed by atoms with E-state index in [4.69, 9.17) is 5.73 Å². The molecule has 3 N–H and O–H groups in total. The highest BCUT2D eigenvalue weighted by Gasteiger charge is 2.14. The van der Waals surface area contributed by atoms with E-state index in [1.54, 1.807) is 6.07 Å². The Bertz CT molecular complexity index is 398. The third-order valence-electron chi connectivity index (χ3n) is 2.80. The maximum Gasteiger partial charge on any atom is 0.234 e. The van der Waals surface area contributed by atoms with E-state index in [9.17, 15) is 9.18 Å². The van der Waals surface area contributed by atoms with Gasteiger partial charge in [0.2, 0.25) is 5.91 Å². The van der Waals surface area contributed by atoms with Gasteiger partial charge in [-0.3, -0.25) is 4.79 Å². The van der Waals surface area contributed by atoms with E-state index in [1.807, 2.05) is 24.9 Å². The molecule has 0 aliphatic heterocycles. The molecule has 0 radical (unpaired) electrons. The first-order chi connectivity index (χ1) is 8.54. The molecule has 1 atom stereocenters. The Morgan fingerprint density at radius 2 is 2.28 bits per heavy atom. The number of amides is 1. The standard InChI is InChI=1S/C13H20FN3O/c1-3-16-12(13(15)18)7-8-17(2)11-6-4-5-10(14)9-11/h4-6,9,12,16H,3,7-8H2,1-2H3,(H2,15,18). The van der Waals surface area contributed by atoms with Gasteiger partial charge < -0.3 is 16.0 Å². The number of hydrogen-bond acceptors (Lipinski definition) is 3. The smallest absolute Gasteiger partial charge is 0.234 e. The summed E-state index contributed by atoms with van der Waals surface area (Å²) < 4.78 is 13.1. The zero-order valence-corrected chi connectivity index (χ0v) is 10.8. The molecule has 0 aliphatic rings. The minimum atomic E-state index is -0.357. The van der Waals surface area contributed by atoms with Crippen LogP contribution < -0.4 is 16.0 Å². The highest BCUT2D eigenvalue weighted by molar-refractivity contribution is 5.79. The van der Waals surface area contributed by atoms with Gasteiger partial charge in [0.15, 0.2) is 0 Å². The lowest BCUT2D eigenvalue weighted by Crippen LogP contribution is -2.43. The molecule has 1 aromatic rings. The van der Waals surface area contributed by atoms with E-state index >= 15 is 0 Å². The number of primary amides is 1. The van der Waals surface area contributed by atoms with Crippen LogP contribution >= 0.6 is 0 Å². The van der Waals surface area contributed by atoms with Crippen LogP contribution in [-0.4, -0.2) is 32.1 Å². The van der Waals surface area contributed by atoms with Crippen LogP contribution in [0.2, 0.25) is 0 Å². The molecule has 5 heteroatoms. The quantitative estimate of drug-likeness (QED) is 0.765. The molecule has 4 nitrogen and oxygen atoms in total. The summed E-state index contributed by atoms with van der Waals surface area (Å²) >= 11 is 0. The summed E-state index contributed by atoms with van der Waals surface area (Å²) in [6.07, 6.45) is 0.593. The van der Waals surface area contributed by atoms with Gasteiger partial charge in [-0.2, -0.15) is 0 Å². The zero-order valence-electron chi connectivity index (χ0n) is 10.8. The van der Waals surface area contributed by atoms with Crippen LogP contribution in [0.15, 0.2) is 24.3 Å². The number of benzene rings is 1. The van der Waals surface area contributed by atoms with Gasteiger partial charge in [-0.05, 0) is 31.2 Å². The highest BCUT2D eigenvalue weighted by Crippen LogP contribution is 2.14. The first-order valence-electron chi connectivity index (χ1n) is 6.04. The van der Waals surface area contributed by atoms with Gasteiger partial charge in [-0.25, -0.2) is 4.39 Å². The zero-order chi connectivity index (χ0) is 13.5. The van der Waals surface area contributed by atoms with E-state index in [2.05, 4.69) is 5.32 Å². The Labute approximate surface area is 107 Å². The van der Waals surface area contributed by atoms with Crippen molar-refractivity contribution >= 4 is 11.6 Å². The van der Waals surface area contributed by atoms with Gasteiger partial charge in [0.05, 0.1) is 6.04 Å². The van der Waals surface area contributed by atoms with Gasteiger partial charge in [0.1, 0.15) is 5.82 Å². The van der Waals surface area contributed by atoms with Gasteiger partial charge >= 0.3 is 0 Å². The molecule has 1 unspecified atom stereocenters. The molecule has 1 amide bonds. The normalized spacial score (nSPS) is 12.2. The van der Waals surface area contributed by atoms with E-state index < -0.39 is 0 Å². The second kappa shape index (κ2) is 6.96. The molecule has 0 saturated heterocycles. The number of rotatable bonds is 7.